The number of aromatic nitrogens is 3. The van der Waals surface area contributed by atoms with Crippen molar-refractivity contribution in [1.82, 2.24) is 14.8 Å². The number of halogens is 1. The van der Waals surface area contributed by atoms with Crippen LogP contribution in [0.5, 0.6) is 0 Å². The van der Waals surface area contributed by atoms with Crippen molar-refractivity contribution in [3.05, 3.63) is 46.5 Å². The van der Waals surface area contributed by atoms with Crippen molar-refractivity contribution in [1.29, 1.82) is 0 Å². The maximum absolute atomic E-state index is 12.7. The normalized spacial score (nSPS) is 16.7. The molecular formula is C15H18ClN3O2S. The van der Waals surface area contributed by atoms with Gasteiger partial charge in [-0.25, -0.2) is 8.42 Å². The Kier molecular flexibility index (Phi) is 3.99. The first kappa shape index (κ1) is 15.5. The van der Waals surface area contributed by atoms with Gasteiger partial charge in [-0.05, 0) is 38.3 Å². The van der Waals surface area contributed by atoms with E-state index in [1.165, 1.54) is 0 Å². The second-order valence-corrected chi connectivity index (χ2v) is 8.46. The van der Waals surface area contributed by atoms with Crippen molar-refractivity contribution >= 4 is 21.4 Å². The van der Waals surface area contributed by atoms with Gasteiger partial charge in [-0.3, -0.25) is 0 Å². The third-order valence-corrected chi connectivity index (χ3v) is 6.40. The predicted molar refractivity (Wildman–Crippen MR) is 85.5 cm³/mol. The van der Waals surface area contributed by atoms with E-state index >= 15 is 0 Å². The maximum Gasteiger partial charge on any atom is 0.164 e. The van der Waals surface area contributed by atoms with E-state index in [1.807, 2.05) is 11.5 Å². The lowest BCUT2D eigenvalue weighted by Crippen LogP contribution is -2.16. The maximum atomic E-state index is 12.7. The fourth-order valence-electron chi connectivity index (χ4n) is 2.62. The topological polar surface area (TPSA) is 64.8 Å². The molecule has 3 rings (SSSR count). The lowest BCUT2D eigenvalue weighted by molar-refractivity contribution is 0.579. The first-order chi connectivity index (χ1) is 10.4. The average molecular weight is 340 g/mol. The Morgan fingerprint density at radius 3 is 2.64 bits per heavy atom. The molecule has 0 bridgehead atoms. The highest BCUT2D eigenvalue weighted by molar-refractivity contribution is 7.90. The van der Waals surface area contributed by atoms with Crippen LogP contribution in [0.2, 0.25) is 5.02 Å². The van der Waals surface area contributed by atoms with Gasteiger partial charge < -0.3 is 4.57 Å². The van der Waals surface area contributed by atoms with Crippen molar-refractivity contribution in [3.8, 4) is 0 Å². The molecule has 0 aliphatic heterocycles. The molecule has 0 N–H and O–H groups in total. The third kappa shape index (κ3) is 2.90. The van der Waals surface area contributed by atoms with Crippen LogP contribution >= 0.6 is 11.6 Å². The SMILES string of the molecule is Cc1nnc(CS(=O)(=O)C(C)c2ccccc2Cl)n1C1CC1. The largest absolute Gasteiger partial charge is 0.311 e. The van der Waals surface area contributed by atoms with E-state index in [0.29, 0.717) is 22.5 Å². The molecule has 0 saturated heterocycles. The third-order valence-electron chi connectivity index (χ3n) is 4.06. The number of rotatable bonds is 5. The average Bonchev–Trinajstić information content (AvgIpc) is 3.23. The van der Waals surface area contributed by atoms with Gasteiger partial charge in [-0.15, -0.1) is 10.2 Å². The Labute approximate surface area is 135 Å². The predicted octanol–water partition coefficient (Wildman–Crippen LogP) is 3.25. The highest BCUT2D eigenvalue weighted by Gasteiger charge is 2.32. The summed E-state index contributed by atoms with van der Waals surface area (Å²) < 4.78 is 27.4. The molecule has 0 spiro atoms. The molecular weight excluding hydrogens is 322 g/mol. The smallest absolute Gasteiger partial charge is 0.164 e. The molecule has 1 fully saturated rings. The molecule has 0 amide bonds. The lowest BCUT2D eigenvalue weighted by atomic mass is 10.2. The van der Waals surface area contributed by atoms with E-state index in [9.17, 15) is 8.42 Å². The minimum atomic E-state index is -3.41. The molecule has 1 aliphatic rings. The minimum Gasteiger partial charge on any atom is -0.311 e. The summed E-state index contributed by atoms with van der Waals surface area (Å²) in [4.78, 5) is 0. The Hall–Kier alpha value is -1.40. The van der Waals surface area contributed by atoms with Crippen LogP contribution in [0.25, 0.3) is 0 Å². The first-order valence-electron chi connectivity index (χ1n) is 7.26. The van der Waals surface area contributed by atoms with Gasteiger partial charge in [0.1, 0.15) is 17.4 Å². The van der Waals surface area contributed by atoms with Crippen molar-refractivity contribution in [2.45, 2.75) is 43.7 Å². The first-order valence-corrected chi connectivity index (χ1v) is 9.36. The van der Waals surface area contributed by atoms with Crippen LogP contribution in [0.4, 0.5) is 0 Å². The Morgan fingerprint density at radius 1 is 1.32 bits per heavy atom. The summed E-state index contributed by atoms with van der Waals surface area (Å²) >= 11 is 6.13. The Morgan fingerprint density at radius 2 is 2.00 bits per heavy atom. The zero-order valence-corrected chi connectivity index (χ0v) is 14.1. The quantitative estimate of drug-likeness (QED) is 0.838. The number of sulfone groups is 1. The van der Waals surface area contributed by atoms with Gasteiger partial charge in [-0.2, -0.15) is 0 Å². The summed E-state index contributed by atoms with van der Waals surface area (Å²) in [5.41, 5.74) is 0.623. The second kappa shape index (κ2) is 5.66. The number of hydrogen-bond donors (Lipinski definition) is 0. The van der Waals surface area contributed by atoms with Crippen LogP contribution in [-0.2, 0) is 15.6 Å². The van der Waals surface area contributed by atoms with Gasteiger partial charge in [0, 0.05) is 11.1 Å². The zero-order valence-electron chi connectivity index (χ0n) is 12.5. The van der Waals surface area contributed by atoms with Crippen LogP contribution < -0.4 is 0 Å². The number of aryl methyl sites for hydroxylation is 1. The van der Waals surface area contributed by atoms with Crippen LogP contribution in [0, 0.1) is 6.92 Å². The number of benzene rings is 1. The van der Waals surface area contributed by atoms with Gasteiger partial charge in [0.25, 0.3) is 0 Å². The number of hydrogen-bond acceptors (Lipinski definition) is 4. The van der Waals surface area contributed by atoms with Crippen molar-refractivity contribution in [2.24, 2.45) is 0 Å². The fourth-order valence-corrected chi connectivity index (χ4v) is 4.39. The molecule has 5 nitrogen and oxygen atoms in total. The monoisotopic (exact) mass is 339 g/mol. The fraction of sp³-hybridized carbons (Fsp3) is 0.467. The molecule has 118 valence electrons. The van der Waals surface area contributed by atoms with E-state index < -0.39 is 15.1 Å². The zero-order chi connectivity index (χ0) is 15.9. The van der Waals surface area contributed by atoms with Crippen LogP contribution in [0.15, 0.2) is 24.3 Å². The molecule has 1 atom stereocenters. The highest BCUT2D eigenvalue weighted by atomic mass is 35.5. The molecule has 1 heterocycles. The summed E-state index contributed by atoms with van der Waals surface area (Å²) in [6, 6.07) is 7.40. The summed E-state index contributed by atoms with van der Waals surface area (Å²) in [5.74, 6) is 1.19. The molecule has 7 heteroatoms. The van der Waals surface area contributed by atoms with Gasteiger partial charge in [0.05, 0.1) is 5.25 Å². The van der Waals surface area contributed by atoms with Crippen molar-refractivity contribution < 1.29 is 8.42 Å². The number of nitrogens with zero attached hydrogens (tertiary/aromatic N) is 3. The summed E-state index contributed by atoms with van der Waals surface area (Å²) in [6.45, 7) is 3.53. The molecule has 1 saturated carbocycles. The molecule has 2 aromatic rings. The minimum absolute atomic E-state index is 0.114. The molecule has 22 heavy (non-hydrogen) atoms. The molecule has 1 unspecified atom stereocenters. The Bertz CT molecular complexity index is 797. The molecule has 0 radical (unpaired) electrons. The summed E-state index contributed by atoms with van der Waals surface area (Å²) in [5, 5.41) is 7.89. The molecule has 1 aromatic heterocycles. The van der Waals surface area contributed by atoms with E-state index in [2.05, 4.69) is 10.2 Å². The van der Waals surface area contributed by atoms with Gasteiger partial charge in [0.15, 0.2) is 9.84 Å². The van der Waals surface area contributed by atoms with E-state index in [-0.39, 0.29) is 5.75 Å². The highest BCUT2D eigenvalue weighted by Crippen LogP contribution is 2.37. The van der Waals surface area contributed by atoms with Gasteiger partial charge >= 0.3 is 0 Å². The summed E-state index contributed by atoms with van der Waals surface area (Å²) in [6.07, 6.45) is 2.12. The van der Waals surface area contributed by atoms with E-state index in [1.54, 1.807) is 31.2 Å². The Balaban J connectivity index is 1.89. The van der Waals surface area contributed by atoms with Crippen molar-refractivity contribution in [3.63, 3.8) is 0 Å². The molecule has 1 aromatic carbocycles. The van der Waals surface area contributed by atoms with Crippen molar-refractivity contribution in [2.75, 3.05) is 0 Å². The summed E-state index contributed by atoms with van der Waals surface area (Å²) in [7, 11) is -3.41. The molecule has 1 aliphatic carbocycles. The van der Waals surface area contributed by atoms with Crippen LogP contribution in [0.3, 0.4) is 0 Å². The van der Waals surface area contributed by atoms with E-state index in [4.69, 9.17) is 11.6 Å². The lowest BCUT2D eigenvalue weighted by Gasteiger charge is -2.15. The van der Waals surface area contributed by atoms with E-state index in [0.717, 1.165) is 18.7 Å². The van der Waals surface area contributed by atoms with Gasteiger partial charge in [0.2, 0.25) is 0 Å². The van der Waals surface area contributed by atoms with Crippen LogP contribution in [-0.4, -0.2) is 23.2 Å². The van der Waals surface area contributed by atoms with Crippen LogP contribution in [0.1, 0.15) is 48.3 Å². The standard InChI is InChI=1S/C15H18ClN3O2S/c1-10(13-5-3-4-6-14(13)16)22(20,21)9-15-18-17-11(2)19(15)12-7-8-12/h3-6,10,12H,7-9H2,1-2H3. The second-order valence-electron chi connectivity index (χ2n) is 5.74. The van der Waals surface area contributed by atoms with Gasteiger partial charge in [-0.1, -0.05) is 29.8 Å².